The summed E-state index contributed by atoms with van der Waals surface area (Å²) in [6.07, 6.45) is 6.32. The minimum absolute atomic E-state index is 0.134. The standard InChI is InChI=1S/C14H22N4O/c1-9(2)19-14-7-13(16-8-17-14)18-11-3-4-12(18)6-10(15)5-11/h7-12H,3-6,15H2,1-2H3. The molecule has 0 radical (unpaired) electrons. The maximum atomic E-state index is 6.11. The normalized spacial score (nSPS) is 29.9. The summed E-state index contributed by atoms with van der Waals surface area (Å²) < 4.78 is 5.66. The van der Waals surface area contributed by atoms with Crippen molar-refractivity contribution in [2.45, 2.75) is 63.8 Å². The minimum Gasteiger partial charge on any atom is -0.475 e. The van der Waals surface area contributed by atoms with Crippen LogP contribution < -0.4 is 15.4 Å². The molecule has 2 bridgehead atoms. The molecule has 3 heterocycles. The Morgan fingerprint density at radius 3 is 2.58 bits per heavy atom. The Morgan fingerprint density at radius 1 is 1.26 bits per heavy atom. The summed E-state index contributed by atoms with van der Waals surface area (Å²) in [5.74, 6) is 1.65. The van der Waals surface area contributed by atoms with Crippen LogP contribution >= 0.6 is 0 Å². The van der Waals surface area contributed by atoms with E-state index in [4.69, 9.17) is 10.5 Å². The number of aromatic nitrogens is 2. The fourth-order valence-corrected chi connectivity index (χ4v) is 3.37. The second kappa shape index (κ2) is 4.96. The summed E-state index contributed by atoms with van der Waals surface area (Å²) in [6.45, 7) is 4.01. The van der Waals surface area contributed by atoms with Gasteiger partial charge in [0.25, 0.3) is 0 Å². The van der Waals surface area contributed by atoms with Gasteiger partial charge in [-0.25, -0.2) is 9.97 Å². The summed E-state index contributed by atoms with van der Waals surface area (Å²) in [5.41, 5.74) is 6.11. The molecule has 0 spiro atoms. The molecular weight excluding hydrogens is 240 g/mol. The van der Waals surface area contributed by atoms with Gasteiger partial charge in [0.05, 0.1) is 6.10 Å². The fourth-order valence-electron chi connectivity index (χ4n) is 3.37. The number of hydrogen-bond donors (Lipinski definition) is 1. The smallest absolute Gasteiger partial charge is 0.218 e. The number of ether oxygens (including phenoxy) is 1. The molecule has 5 nitrogen and oxygen atoms in total. The zero-order valence-electron chi connectivity index (χ0n) is 11.6. The van der Waals surface area contributed by atoms with E-state index in [1.165, 1.54) is 12.8 Å². The first-order valence-electron chi connectivity index (χ1n) is 7.16. The Kier molecular flexibility index (Phi) is 3.31. The molecule has 2 aliphatic rings. The van der Waals surface area contributed by atoms with Crippen LogP contribution in [0, 0.1) is 0 Å². The zero-order chi connectivity index (χ0) is 13.4. The van der Waals surface area contributed by atoms with Crippen molar-refractivity contribution in [1.82, 2.24) is 9.97 Å². The first kappa shape index (κ1) is 12.7. The van der Waals surface area contributed by atoms with E-state index in [1.807, 2.05) is 19.9 Å². The van der Waals surface area contributed by atoms with E-state index < -0.39 is 0 Å². The van der Waals surface area contributed by atoms with Gasteiger partial charge in [0.2, 0.25) is 5.88 Å². The maximum Gasteiger partial charge on any atom is 0.218 e. The van der Waals surface area contributed by atoms with Gasteiger partial charge < -0.3 is 15.4 Å². The van der Waals surface area contributed by atoms with Crippen LogP contribution in [0.2, 0.25) is 0 Å². The van der Waals surface area contributed by atoms with Crippen molar-refractivity contribution in [3.05, 3.63) is 12.4 Å². The summed E-state index contributed by atoms with van der Waals surface area (Å²) in [5, 5.41) is 0. The van der Waals surface area contributed by atoms with Gasteiger partial charge in [0, 0.05) is 24.2 Å². The number of nitrogens with two attached hydrogens (primary N) is 1. The molecule has 2 atom stereocenters. The lowest BCUT2D eigenvalue weighted by atomic mass is 9.98. The predicted molar refractivity (Wildman–Crippen MR) is 74.3 cm³/mol. The third-order valence-corrected chi connectivity index (χ3v) is 4.02. The highest BCUT2D eigenvalue weighted by Gasteiger charge is 2.40. The molecule has 1 aromatic heterocycles. The molecule has 5 heteroatoms. The average Bonchev–Trinajstić information content (AvgIpc) is 2.61. The fraction of sp³-hybridized carbons (Fsp3) is 0.714. The second-order valence-corrected chi connectivity index (χ2v) is 5.90. The quantitative estimate of drug-likeness (QED) is 0.898. The Hall–Kier alpha value is -1.36. The van der Waals surface area contributed by atoms with Crippen molar-refractivity contribution in [3.63, 3.8) is 0 Å². The van der Waals surface area contributed by atoms with Crippen LogP contribution in [0.3, 0.4) is 0 Å². The first-order valence-corrected chi connectivity index (χ1v) is 7.16. The molecule has 2 saturated heterocycles. The monoisotopic (exact) mass is 262 g/mol. The Labute approximate surface area is 114 Å². The SMILES string of the molecule is CC(C)Oc1cc(N2C3CCC2CC(N)C3)ncn1. The van der Waals surface area contributed by atoms with E-state index in [9.17, 15) is 0 Å². The van der Waals surface area contributed by atoms with Crippen LogP contribution in [0.1, 0.15) is 39.5 Å². The summed E-state index contributed by atoms with van der Waals surface area (Å²) in [6, 6.07) is 3.38. The largest absolute Gasteiger partial charge is 0.475 e. The third kappa shape index (κ3) is 2.52. The lowest BCUT2D eigenvalue weighted by molar-refractivity contribution is 0.232. The number of fused-ring (bicyclic) bond motifs is 2. The highest BCUT2D eigenvalue weighted by Crippen LogP contribution is 2.38. The molecule has 0 aromatic carbocycles. The lowest BCUT2D eigenvalue weighted by Crippen LogP contribution is -2.47. The molecular formula is C14H22N4O. The van der Waals surface area contributed by atoms with Crippen molar-refractivity contribution in [2.24, 2.45) is 5.73 Å². The molecule has 0 saturated carbocycles. The van der Waals surface area contributed by atoms with Crippen LogP contribution in [0.15, 0.2) is 12.4 Å². The van der Waals surface area contributed by atoms with Crippen molar-refractivity contribution in [2.75, 3.05) is 4.90 Å². The first-order chi connectivity index (χ1) is 9.13. The van der Waals surface area contributed by atoms with Crippen LogP contribution in [0.25, 0.3) is 0 Å². The molecule has 2 N–H and O–H groups in total. The zero-order valence-corrected chi connectivity index (χ0v) is 11.6. The molecule has 19 heavy (non-hydrogen) atoms. The van der Waals surface area contributed by atoms with E-state index in [2.05, 4.69) is 14.9 Å². The number of nitrogens with zero attached hydrogens (tertiary/aromatic N) is 3. The second-order valence-electron chi connectivity index (χ2n) is 5.90. The summed E-state index contributed by atoms with van der Waals surface area (Å²) in [4.78, 5) is 11.0. The van der Waals surface area contributed by atoms with Gasteiger partial charge in [-0.05, 0) is 39.5 Å². The molecule has 0 aliphatic carbocycles. The Bertz CT molecular complexity index is 437. The van der Waals surface area contributed by atoms with E-state index in [-0.39, 0.29) is 6.10 Å². The van der Waals surface area contributed by atoms with E-state index in [0.29, 0.717) is 24.0 Å². The molecule has 2 fully saturated rings. The molecule has 104 valence electrons. The van der Waals surface area contributed by atoms with Crippen LogP contribution in [-0.2, 0) is 0 Å². The van der Waals surface area contributed by atoms with Crippen LogP contribution in [0.4, 0.5) is 5.82 Å². The molecule has 2 aliphatic heterocycles. The summed E-state index contributed by atoms with van der Waals surface area (Å²) in [7, 11) is 0. The van der Waals surface area contributed by atoms with Gasteiger partial charge >= 0.3 is 0 Å². The van der Waals surface area contributed by atoms with E-state index in [1.54, 1.807) is 6.33 Å². The highest BCUT2D eigenvalue weighted by atomic mass is 16.5. The minimum atomic E-state index is 0.134. The Balaban J connectivity index is 1.82. The predicted octanol–water partition coefficient (Wildman–Crippen LogP) is 1.72. The average molecular weight is 262 g/mol. The van der Waals surface area contributed by atoms with Gasteiger partial charge in [0.1, 0.15) is 12.1 Å². The lowest BCUT2D eigenvalue weighted by Gasteiger charge is -2.38. The molecule has 1 aromatic rings. The highest BCUT2D eigenvalue weighted by molar-refractivity contribution is 5.45. The van der Waals surface area contributed by atoms with Crippen molar-refractivity contribution < 1.29 is 4.74 Å². The van der Waals surface area contributed by atoms with E-state index >= 15 is 0 Å². The number of hydrogen-bond acceptors (Lipinski definition) is 5. The number of piperidine rings is 1. The van der Waals surface area contributed by atoms with Gasteiger partial charge in [-0.3, -0.25) is 0 Å². The van der Waals surface area contributed by atoms with E-state index in [0.717, 1.165) is 18.7 Å². The van der Waals surface area contributed by atoms with Crippen molar-refractivity contribution >= 4 is 5.82 Å². The summed E-state index contributed by atoms with van der Waals surface area (Å²) >= 11 is 0. The van der Waals surface area contributed by atoms with Gasteiger partial charge in [-0.2, -0.15) is 0 Å². The van der Waals surface area contributed by atoms with Gasteiger partial charge in [0.15, 0.2) is 0 Å². The van der Waals surface area contributed by atoms with Crippen LogP contribution in [0.5, 0.6) is 5.88 Å². The van der Waals surface area contributed by atoms with Crippen molar-refractivity contribution in [1.29, 1.82) is 0 Å². The molecule has 2 unspecified atom stereocenters. The van der Waals surface area contributed by atoms with Crippen LogP contribution in [-0.4, -0.2) is 34.2 Å². The number of rotatable bonds is 3. The van der Waals surface area contributed by atoms with Gasteiger partial charge in [-0.1, -0.05) is 0 Å². The molecule has 3 rings (SSSR count). The Morgan fingerprint density at radius 2 is 1.95 bits per heavy atom. The van der Waals surface area contributed by atoms with Crippen molar-refractivity contribution in [3.8, 4) is 5.88 Å². The number of anilines is 1. The molecule has 0 amide bonds. The maximum absolute atomic E-state index is 6.11. The van der Waals surface area contributed by atoms with Gasteiger partial charge in [-0.15, -0.1) is 0 Å². The third-order valence-electron chi connectivity index (χ3n) is 4.02. The topological polar surface area (TPSA) is 64.3 Å².